The van der Waals surface area contributed by atoms with Crippen molar-refractivity contribution in [3.63, 3.8) is 0 Å². The Hall–Kier alpha value is -2.63. The summed E-state index contributed by atoms with van der Waals surface area (Å²) in [6, 6.07) is 7.98. The second kappa shape index (κ2) is 11.9. The van der Waals surface area contributed by atoms with E-state index in [0.29, 0.717) is 33.3 Å². The van der Waals surface area contributed by atoms with Crippen LogP contribution in [0.1, 0.15) is 37.8 Å². The third-order valence-corrected chi connectivity index (χ3v) is 9.20. The van der Waals surface area contributed by atoms with Crippen LogP contribution in [0.25, 0.3) is 0 Å². The Morgan fingerprint density at radius 1 is 0.897 bits per heavy atom. The summed E-state index contributed by atoms with van der Waals surface area (Å²) in [4.78, 5) is 22.4. The van der Waals surface area contributed by atoms with E-state index in [1.54, 1.807) is 0 Å². The van der Waals surface area contributed by atoms with Crippen molar-refractivity contribution >= 4 is 33.8 Å². The van der Waals surface area contributed by atoms with Gasteiger partial charge in [-0.25, -0.2) is 9.79 Å². The Morgan fingerprint density at radius 3 is 2.08 bits per heavy atom. The number of benzene rings is 2. The van der Waals surface area contributed by atoms with Crippen LogP contribution in [0.3, 0.4) is 0 Å². The fourth-order valence-corrected chi connectivity index (χ4v) is 7.21. The third-order valence-electron chi connectivity index (χ3n) is 7.46. The van der Waals surface area contributed by atoms with Crippen LogP contribution in [-0.4, -0.2) is 64.5 Å². The quantitative estimate of drug-likeness (QED) is 0.530. The van der Waals surface area contributed by atoms with Crippen molar-refractivity contribution in [3.05, 3.63) is 45.3 Å². The zero-order chi connectivity index (χ0) is 27.6. The number of halogens is 3. The van der Waals surface area contributed by atoms with Gasteiger partial charge in [0, 0.05) is 61.4 Å². The van der Waals surface area contributed by atoms with Gasteiger partial charge in [-0.15, -0.1) is 0 Å². The van der Waals surface area contributed by atoms with Gasteiger partial charge in [0.1, 0.15) is 0 Å². The van der Waals surface area contributed by atoms with E-state index in [1.807, 2.05) is 26.0 Å². The number of nitrogens with zero attached hydrogens (tertiary/aromatic N) is 3. The summed E-state index contributed by atoms with van der Waals surface area (Å²) in [6.07, 6.45) is -1.84. The summed E-state index contributed by atoms with van der Waals surface area (Å²) in [5, 5.41) is 7.42. The lowest BCUT2D eigenvalue weighted by Gasteiger charge is -2.27. The van der Waals surface area contributed by atoms with Crippen LogP contribution >= 0.6 is 10.8 Å². The van der Waals surface area contributed by atoms with Gasteiger partial charge < -0.3 is 24.6 Å². The van der Waals surface area contributed by atoms with Crippen LogP contribution in [0.4, 0.5) is 30.2 Å². The van der Waals surface area contributed by atoms with Gasteiger partial charge in [-0.3, -0.25) is 0 Å². The van der Waals surface area contributed by atoms with Crippen LogP contribution < -0.4 is 25.8 Å². The van der Waals surface area contributed by atoms with Crippen LogP contribution in [-0.2, 0) is 21.8 Å². The van der Waals surface area contributed by atoms with E-state index in [4.69, 9.17) is 9.18 Å². The van der Waals surface area contributed by atoms with Crippen molar-refractivity contribution in [2.75, 3.05) is 62.2 Å². The fraction of sp³-hybridized carbons (Fsp3) is 0.536. The highest BCUT2D eigenvalue weighted by Crippen LogP contribution is 2.46. The molecular formula is C28H36F3N5O2S. The van der Waals surface area contributed by atoms with Gasteiger partial charge in [0.05, 0.1) is 20.5 Å². The maximum atomic E-state index is 13.6. The summed E-state index contributed by atoms with van der Waals surface area (Å²) in [7, 11) is -1.58. The normalized spacial score (nSPS) is 19.9. The summed E-state index contributed by atoms with van der Waals surface area (Å²) in [6.45, 7) is 10.8. The molecular weight excluding hydrogens is 527 g/mol. The molecule has 212 valence electrons. The molecule has 1 unspecified atom stereocenters. The number of nitrogens with one attached hydrogen (secondary N) is 2. The van der Waals surface area contributed by atoms with Gasteiger partial charge in [0.2, 0.25) is 0 Å². The Balaban J connectivity index is 1.75. The lowest BCUT2D eigenvalue weighted by atomic mass is 10.1. The highest BCUT2D eigenvalue weighted by molar-refractivity contribution is 8.05. The highest BCUT2D eigenvalue weighted by atomic mass is 32.2. The minimum absolute atomic E-state index is 0.545. The molecule has 2 saturated heterocycles. The molecule has 3 aliphatic heterocycles. The molecule has 0 amide bonds. The van der Waals surface area contributed by atoms with E-state index in [1.165, 1.54) is 0 Å². The SMILES string of the molecule is CCc1cc(N2CCCNCC2)cc2c1N=c1c(CC)cc(N3CCCNCC3)cc1=S2OC(=O)C(F)(F)F. The molecule has 2 N–H and O–H groups in total. The number of carbonyl (C=O) groups excluding carboxylic acids is 1. The van der Waals surface area contributed by atoms with E-state index in [0.717, 1.165) is 87.7 Å². The number of aryl methyl sites for hydroxylation is 2. The largest absolute Gasteiger partial charge is 0.492 e. The Morgan fingerprint density at radius 2 is 1.49 bits per heavy atom. The summed E-state index contributed by atoms with van der Waals surface area (Å²) >= 11 is 0. The smallest absolute Gasteiger partial charge is 0.388 e. The number of anilines is 2. The highest BCUT2D eigenvalue weighted by Gasteiger charge is 2.42. The lowest BCUT2D eigenvalue weighted by molar-refractivity contribution is -0.188. The molecule has 1 atom stereocenters. The summed E-state index contributed by atoms with van der Waals surface area (Å²) < 4.78 is 46.6. The molecule has 0 saturated carbocycles. The van der Waals surface area contributed by atoms with Crippen molar-refractivity contribution < 1.29 is 22.1 Å². The van der Waals surface area contributed by atoms with Crippen molar-refractivity contribution in [2.24, 2.45) is 4.99 Å². The number of rotatable bonds is 5. The average molecular weight is 564 g/mol. The number of carbonyl (C=O) groups is 1. The first kappa shape index (κ1) is 27.9. The topological polar surface area (TPSA) is 69.2 Å². The van der Waals surface area contributed by atoms with Crippen molar-refractivity contribution in [1.82, 2.24) is 10.6 Å². The van der Waals surface area contributed by atoms with Gasteiger partial charge in [0.15, 0.2) is 0 Å². The number of fused-ring (bicyclic) bond motifs is 2. The number of alkyl halides is 3. The van der Waals surface area contributed by atoms with E-state index in [9.17, 15) is 18.0 Å². The average Bonchev–Trinajstić information content (AvgIpc) is 3.37. The molecule has 3 heterocycles. The predicted octanol–water partition coefficient (Wildman–Crippen LogP) is 4.27. The standard InChI is InChI=1S/C28H36F3N5O2S/c1-3-19-15-21(35-11-5-7-32-9-13-35)17-23-25(19)34-26-20(4-2)16-22(36-12-6-8-33-10-14-36)18-24(26)39(23)38-27(37)28(29,30)31/h15-18,32-33H,3-14H2,1-2H3. The number of hydrogen-bond acceptors (Lipinski definition) is 7. The first-order valence-corrected chi connectivity index (χ1v) is 15.0. The third kappa shape index (κ3) is 5.95. The molecule has 2 fully saturated rings. The zero-order valence-electron chi connectivity index (χ0n) is 22.5. The van der Waals surface area contributed by atoms with Gasteiger partial charge in [-0.1, -0.05) is 13.8 Å². The van der Waals surface area contributed by atoms with Gasteiger partial charge in [-0.2, -0.15) is 13.2 Å². The molecule has 0 spiro atoms. The Bertz CT molecular complexity index is 1350. The van der Waals surface area contributed by atoms with Crippen LogP contribution in [0.2, 0.25) is 0 Å². The molecule has 2 aromatic carbocycles. The molecule has 39 heavy (non-hydrogen) atoms. The molecule has 3 aliphatic rings. The summed E-state index contributed by atoms with van der Waals surface area (Å²) in [5.74, 6) is -2.17. The molecule has 5 rings (SSSR count). The first-order valence-electron chi connectivity index (χ1n) is 13.8. The molecule has 0 aliphatic carbocycles. The monoisotopic (exact) mass is 563 g/mol. The van der Waals surface area contributed by atoms with Crippen molar-refractivity contribution in [2.45, 2.75) is 50.6 Å². The van der Waals surface area contributed by atoms with E-state index >= 15 is 0 Å². The molecule has 0 radical (unpaired) electrons. The van der Waals surface area contributed by atoms with Crippen LogP contribution in [0.5, 0.6) is 0 Å². The first-order chi connectivity index (χ1) is 18.8. The fourth-order valence-electron chi connectivity index (χ4n) is 5.39. The van der Waals surface area contributed by atoms with E-state index < -0.39 is 22.9 Å². The second-order valence-electron chi connectivity index (χ2n) is 10.0. The Labute approximate surface area is 229 Å². The predicted molar refractivity (Wildman–Crippen MR) is 149 cm³/mol. The molecule has 11 heteroatoms. The van der Waals surface area contributed by atoms with E-state index in [-0.39, 0.29) is 0 Å². The lowest BCUT2D eigenvalue weighted by Crippen LogP contribution is -2.29. The van der Waals surface area contributed by atoms with Crippen molar-refractivity contribution in [1.29, 1.82) is 0 Å². The summed E-state index contributed by atoms with van der Waals surface area (Å²) in [5.41, 5.74) is 4.37. The molecule has 7 nitrogen and oxygen atoms in total. The molecule has 2 aromatic rings. The van der Waals surface area contributed by atoms with Crippen LogP contribution in [0.15, 0.2) is 34.2 Å². The van der Waals surface area contributed by atoms with Gasteiger partial charge >= 0.3 is 12.1 Å². The minimum atomic E-state index is -5.09. The number of hydrogen-bond donors (Lipinski definition) is 2. The maximum Gasteiger partial charge on any atom is 0.492 e. The minimum Gasteiger partial charge on any atom is -0.388 e. The maximum absolute atomic E-state index is 13.6. The zero-order valence-corrected chi connectivity index (χ0v) is 23.3. The molecule has 0 bridgehead atoms. The van der Waals surface area contributed by atoms with Gasteiger partial charge in [0.25, 0.3) is 0 Å². The van der Waals surface area contributed by atoms with Crippen LogP contribution in [0, 0.1) is 4.51 Å². The van der Waals surface area contributed by atoms with Crippen molar-refractivity contribution in [3.8, 4) is 0 Å². The Kier molecular flexibility index (Phi) is 8.49. The molecule has 0 aromatic heterocycles. The van der Waals surface area contributed by atoms with E-state index in [2.05, 4.69) is 32.6 Å². The second-order valence-corrected chi connectivity index (χ2v) is 11.6. The van der Waals surface area contributed by atoms with Gasteiger partial charge in [-0.05, 0) is 74.2 Å².